The molecule has 0 fully saturated rings. The van der Waals surface area contributed by atoms with Crippen molar-refractivity contribution in [3.63, 3.8) is 0 Å². The molecule has 0 spiro atoms. The molecule has 0 aliphatic rings. The first kappa shape index (κ1) is 15.2. The number of thiazole rings is 1. The highest BCUT2D eigenvalue weighted by molar-refractivity contribution is 7.07. The van der Waals surface area contributed by atoms with Crippen LogP contribution < -0.4 is 14.9 Å². The van der Waals surface area contributed by atoms with Gasteiger partial charge in [-0.05, 0) is 20.3 Å². The van der Waals surface area contributed by atoms with Gasteiger partial charge in [-0.25, -0.2) is 5.10 Å². The number of carbonyl (C=O) groups excluding carboxylic acids is 1. The van der Waals surface area contributed by atoms with Crippen LogP contribution in [0.25, 0.3) is 0 Å². The van der Waals surface area contributed by atoms with Crippen molar-refractivity contribution in [1.82, 2.24) is 19.7 Å². The number of amides is 1. The minimum Gasteiger partial charge on any atom is -0.463 e. The number of nitrogens with zero attached hydrogens (tertiary/aromatic N) is 3. The zero-order chi connectivity index (χ0) is 15.2. The van der Waals surface area contributed by atoms with E-state index in [1.165, 1.54) is 11.3 Å². The van der Waals surface area contributed by atoms with Gasteiger partial charge in [0.25, 0.3) is 0 Å². The van der Waals surface area contributed by atoms with Crippen LogP contribution in [0.4, 0.5) is 5.95 Å². The van der Waals surface area contributed by atoms with Crippen LogP contribution in [0, 0.1) is 6.92 Å². The number of rotatable bonds is 7. The smallest absolute Gasteiger partial charge is 0.337 e. The summed E-state index contributed by atoms with van der Waals surface area (Å²) in [5, 5.41) is 10.8. The number of carbonyl (C=O) groups is 1. The number of hydrogen-bond acceptors (Lipinski definition) is 6. The molecule has 114 valence electrons. The van der Waals surface area contributed by atoms with Gasteiger partial charge in [0.2, 0.25) is 11.9 Å². The van der Waals surface area contributed by atoms with Crippen molar-refractivity contribution in [2.45, 2.75) is 33.2 Å². The zero-order valence-electron chi connectivity index (χ0n) is 11.9. The van der Waals surface area contributed by atoms with Gasteiger partial charge in [-0.15, -0.1) is 5.10 Å². The third-order valence-electron chi connectivity index (χ3n) is 2.76. The lowest BCUT2D eigenvalue weighted by molar-refractivity contribution is -0.116. The number of aromatic amines is 1. The lowest BCUT2D eigenvalue weighted by Crippen LogP contribution is -2.17. The van der Waals surface area contributed by atoms with Crippen molar-refractivity contribution in [3.05, 3.63) is 20.7 Å². The average Bonchev–Trinajstić information content (AvgIpc) is 3.00. The minimum absolute atomic E-state index is 0.00417. The van der Waals surface area contributed by atoms with Crippen molar-refractivity contribution < 1.29 is 9.53 Å². The van der Waals surface area contributed by atoms with Gasteiger partial charge in [0.1, 0.15) is 0 Å². The van der Waals surface area contributed by atoms with Crippen molar-refractivity contribution in [3.8, 4) is 6.01 Å². The van der Waals surface area contributed by atoms with Gasteiger partial charge in [-0.3, -0.25) is 14.9 Å². The Morgan fingerprint density at radius 3 is 3.05 bits per heavy atom. The molecule has 0 aliphatic carbocycles. The van der Waals surface area contributed by atoms with Crippen molar-refractivity contribution in [2.75, 3.05) is 11.9 Å². The number of nitrogens with one attached hydrogen (secondary N) is 2. The van der Waals surface area contributed by atoms with Crippen LogP contribution in [0.15, 0.2) is 10.2 Å². The third kappa shape index (κ3) is 4.15. The van der Waals surface area contributed by atoms with Crippen LogP contribution in [0.5, 0.6) is 6.01 Å². The number of aryl methyl sites for hydroxylation is 1. The van der Waals surface area contributed by atoms with Crippen LogP contribution in [-0.2, 0) is 11.3 Å². The zero-order valence-corrected chi connectivity index (χ0v) is 12.7. The molecule has 2 aromatic heterocycles. The maximum Gasteiger partial charge on any atom is 0.337 e. The van der Waals surface area contributed by atoms with Crippen LogP contribution in [-0.4, -0.2) is 32.3 Å². The molecular weight excluding hydrogens is 294 g/mol. The topological polar surface area (TPSA) is 102 Å². The summed E-state index contributed by atoms with van der Waals surface area (Å²) < 4.78 is 6.75. The quantitative estimate of drug-likeness (QED) is 0.798. The predicted molar refractivity (Wildman–Crippen MR) is 78.7 cm³/mol. The van der Waals surface area contributed by atoms with Gasteiger partial charge in [0.05, 0.1) is 6.61 Å². The fourth-order valence-electron chi connectivity index (χ4n) is 1.76. The molecule has 1 amide bonds. The van der Waals surface area contributed by atoms with E-state index in [1.54, 1.807) is 4.57 Å². The lowest BCUT2D eigenvalue weighted by atomic mass is 10.3. The van der Waals surface area contributed by atoms with Gasteiger partial charge >= 0.3 is 10.9 Å². The summed E-state index contributed by atoms with van der Waals surface area (Å²) in [6, 6.07) is 0.202. The van der Waals surface area contributed by atoms with Crippen molar-refractivity contribution in [2.24, 2.45) is 0 Å². The minimum atomic E-state index is -0.185. The van der Waals surface area contributed by atoms with E-state index < -0.39 is 0 Å². The average molecular weight is 311 g/mol. The van der Waals surface area contributed by atoms with E-state index in [0.717, 1.165) is 5.69 Å². The van der Waals surface area contributed by atoms with Gasteiger partial charge in [-0.1, -0.05) is 11.3 Å². The number of aromatic nitrogens is 4. The maximum absolute atomic E-state index is 11.8. The summed E-state index contributed by atoms with van der Waals surface area (Å²) in [4.78, 5) is 27.2. The third-order valence-corrected chi connectivity index (χ3v) is 3.64. The Balaban J connectivity index is 1.78. The summed E-state index contributed by atoms with van der Waals surface area (Å²) >= 11 is 1.17. The molecule has 0 atom stereocenters. The van der Waals surface area contributed by atoms with E-state index in [4.69, 9.17) is 4.74 Å². The summed E-state index contributed by atoms with van der Waals surface area (Å²) in [5.41, 5.74) is 0.919. The van der Waals surface area contributed by atoms with Crippen molar-refractivity contribution in [1.29, 1.82) is 0 Å². The van der Waals surface area contributed by atoms with Gasteiger partial charge < -0.3 is 9.30 Å². The molecule has 0 saturated carbocycles. The Hall–Kier alpha value is -2.16. The first-order chi connectivity index (χ1) is 10.1. The Bertz CT molecular complexity index is 660. The Morgan fingerprint density at radius 2 is 2.38 bits per heavy atom. The summed E-state index contributed by atoms with van der Waals surface area (Å²) in [6.07, 6.45) is 0.877. The van der Waals surface area contributed by atoms with E-state index in [-0.39, 0.29) is 22.7 Å². The van der Waals surface area contributed by atoms with Crippen LogP contribution >= 0.6 is 11.3 Å². The van der Waals surface area contributed by atoms with Crippen LogP contribution in [0.2, 0.25) is 0 Å². The number of H-pyrrole nitrogens is 1. The summed E-state index contributed by atoms with van der Waals surface area (Å²) in [6.45, 7) is 4.69. The second-order valence-corrected chi connectivity index (χ2v) is 5.17. The largest absolute Gasteiger partial charge is 0.463 e. The second-order valence-electron chi connectivity index (χ2n) is 4.35. The molecule has 21 heavy (non-hydrogen) atoms. The number of anilines is 1. The Labute approximate surface area is 125 Å². The molecule has 0 saturated heterocycles. The van der Waals surface area contributed by atoms with E-state index in [2.05, 4.69) is 20.5 Å². The van der Waals surface area contributed by atoms with Gasteiger partial charge in [-0.2, -0.15) is 4.98 Å². The van der Waals surface area contributed by atoms with Crippen LogP contribution in [0.1, 0.15) is 25.5 Å². The van der Waals surface area contributed by atoms with Crippen LogP contribution in [0.3, 0.4) is 0 Å². The SMILES string of the molecule is CCOc1n[nH]c(NC(=O)CCCn2c(C)csc2=O)n1. The van der Waals surface area contributed by atoms with E-state index in [1.807, 2.05) is 19.2 Å². The number of hydrogen-bond donors (Lipinski definition) is 2. The fraction of sp³-hybridized carbons (Fsp3) is 0.500. The molecule has 9 heteroatoms. The highest BCUT2D eigenvalue weighted by Crippen LogP contribution is 2.07. The van der Waals surface area contributed by atoms with E-state index >= 15 is 0 Å². The molecule has 2 N–H and O–H groups in total. The molecule has 0 bridgehead atoms. The van der Waals surface area contributed by atoms with Gasteiger partial charge in [0, 0.05) is 24.0 Å². The second kappa shape index (κ2) is 7.02. The Morgan fingerprint density at radius 1 is 1.57 bits per heavy atom. The molecule has 0 aliphatic heterocycles. The molecule has 8 nitrogen and oxygen atoms in total. The van der Waals surface area contributed by atoms with Gasteiger partial charge in [0.15, 0.2) is 0 Å². The fourth-order valence-corrected chi connectivity index (χ4v) is 2.52. The molecule has 2 heterocycles. The molecule has 2 aromatic rings. The molecule has 2 rings (SSSR count). The standard InChI is InChI=1S/C12H17N5O3S/c1-3-20-11-14-10(15-16-11)13-9(18)5-4-6-17-8(2)7-21-12(17)19/h7H,3-6H2,1-2H3,(H2,13,14,15,16,18). The maximum atomic E-state index is 11.8. The first-order valence-electron chi connectivity index (χ1n) is 6.60. The molecule has 0 aromatic carbocycles. The Kier molecular flexibility index (Phi) is 5.09. The molecule has 0 unspecified atom stereocenters. The highest BCUT2D eigenvalue weighted by atomic mass is 32.1. The molecular formula is C12H17N5O3S. The number of ether oxygens (including phenoxy) is 1. The van der Waals surface area contributed by atoms with E-state index in [0.29, 0.717) is 26.0 Å². The van der Waals surface area contributed by atoms with Crippen molar-refractivity contribution >= 4 is 23.2 Å². The lowest BCUT2D eigenvalue weighted by Gasteiger charge is -2.04. The normalized spacial score (nSPS) is 10.6. The highest BCUT2D eigenvalue weighted by Gasteiger charge is 2.08. The monoisotopic (exact) mass is 311 g/mol. The first-order valence-corrected chi connectivity index (χ1v) is 7.48. The predicted octanol–water partition coefficient (Wildman–Crippen LogP) is 1.15. The molecule has 0 radical (unpaired) electrons. The summed E-state index contributed by atoms with van der Waals surface area (Å²) in [7, 11) is 0. The summed E-state index contributed by atoms with van der Waals surface area (Å²) in [5.74, 6) is 0.0717. The van der Waals surface area contributed by atoms with E-state index in [9.17, 15) is 9.59 Å².